The molecule has 3 nitrogen and oxygen atoms in total. The first-order valence-electron chi connectivity index (χ1n) is 6.45. The van der Waals surface area contributed by atoms with E-state index < -0.39 is 5.60 Å². The molecule has 1 heterocycles. The lowest BCUT2D eigenvalue weighted by atomic mass is 10.0. The summed E-state index contributed by atoms with van der Waals surface area (Å²) in [4.78, 5) is 4.30. The molecule has 3 rings (SSSR count). The fourth-order valence-corrected chi connectivity index (χ4v) is 2.53. The molecule has 0 saturated heterocycles. The first-order valence-corrected chi connectivity index (χ1v) is 6.45. The first-order chi connectivity index (χ1) is 8.75. The number of nitrogens with zero attached hydrogens (tertiary/aromatic N) is 1. The molecule has 0 spiro atoms. The van der Waals surface area contributed by atoms with Crippen molar-refractivity contribution < 1.29 is 9.84 Å². The first kappa shape index (κ1) is 11.5. The fraction of sp³-hybridized carbons (Fsp3) is 0.400. The summed E-state index contributed by atoms with van der Waals surface area (Å²) in [5, 5.41) is 11.3. The highest BCUT2D eigenvalue weighted by atomic mass is 16.5. The van der Waals surface area contributed by atoms with Gasteiger partial charge in [-0.25, -0.2) is 0 Å². The summed E-state index contributed by atoms with van der Waals surface area (Å²) < 4.78 is 5.71. The molecule has 0 radical (unpaired) electrons. The topological polar surface area (TPSA) is 42.4 Å². The number of aromatic nitrogens is 1. The van der Waals surface area contributed by atoms with Crippen LogP contribution in [-0.4, -0.2) is 22.3 Å². The maximum Gasteiger partial charge on any atom is 0.121 e. The Hall–Kier alpha value is -1.61. The van der Waals surface area contributed by atoms with Crippen molar-refractivity contribution in [3.8, 4) is 5.75 Å². The van der Waals surface area contributed by atoms with Crippen LogP contribution in [-0.2, 0) is 0 Å². The molecule has 0 aliphatic heterocycles. The van der Waals surface area contributed by atoms with Gasteiger partial charge in [0, 0.05) is 17.6 Å². The van der Waals surface area contributed by atoms with E-state index in [4.69, 9.17) is 4.74 Å². The molecule has 0 unspecified atom stereocenters. The van der Waals surface area contributed by atoms with E-state index in [-0.39, 0.29) is 0 Å². The number of benzene rings is 1. The van der Waals surface area contributed by atoms with Gasteiger partial charge in [0.05, 0.1) is 11.1 Å². The Kier molecular flexibility index (Phi) is 2.92. The maximum absolute atomic E-state index is 10.2. The molecule has 1 aromatic heterocycles. The van der Waals surface area contributed by atoms with Gasteiger partial charge in [-0.15, -0.1) is 0 Å². The van der Waals surface area contributed by atoms with Gasteiger partial charge in [-0.1, -0.05) is 18.9 Å². The largest absolute Gasteiger partial charge is 0.491 e. The van der Waals surface area contributed by atoms with Crippen molar-refractivity contribution in [3.05, 3.63) is 36.5 Å². The number of hydrogen-bond acceptors (Lipinski definition) is 3. The zero-order chi connectivity index (χ0) is 12.4. The summed E-state index contributed by atoms with van der Waals surface area (Å²) in [6, 6.07) is 9.80. The minimum Gasteiger partial charge on any atom is -0.491 e. The highest BCUT2D eigenvalue weighted by Gasteiger charge is 2.31. The van der Waals surface area contributed by atoms with Crippen LogP contribution in [0, 0.1) is 0 Å². The van der Waals surface area contributed by atoms with Crippen LogP contribution in [0.4, 0.5) is 0 Å². The summed E-state index contributed by atoms with van der Waals surface area (Å²) >= 11 is 0. The second-order valence-corrected chi connectivity index (χ2v) is 5.08. The molecule has 94 valence electrons. The Labute approximate surface area is 106 Å². The molecule has 0 bridgehead atoms. The third kappa shape index (κ3) is 2.31. The van der Waals surface area contributed by atoms with E-state index in [2.05, 4.69) is 4.98 Å². The van der Waals surface area contributed by atoms with Gasteiger partial charge < -0.3 is 9.84 Å². The molecule has 1 N–H and O–H groups in total. The molecule has 18 heavy (non-hydrogen) atoms. The highest BCUT2D eigenvalue weighted by molar-refractivity contribution is 5.79. The van der Waals surface area contributed by atoms with Crippen molar-refractivity contribution in [1.29, 1.82) is 0 Å². The van der Waals surface area contributed by atoms with Crippen molar-refractivity contribution in [3.63, 3.8) is 0 Å². The molecule has 3 heteroatoms. The summed E-state index contributed by atoms with van der Waals surface area (Å²) in [7, 11) is 0. The van der Waals surface area contributed by atoms with Crippen molar-refractivity contribution in [2.24, 2.45) is 0 Å². The third-order valence-electron chi connectivity index (χ3n) is 3.62. The van der Waals surface area contributed by atoms with Crippen molar-refractivity contribution in [2.75, 3.05) is 6.61 Å². The van der Waals surface area contributed by atoms with E-state index in [0.717, 1.165) is 42.3 Å². The summed E-state index contributed by atoms with van der Waals surface area (Å²) in [6.45, 7) is 0.380. The van der Waals surface area contributed by atoms with Crippen LogP contribution in [0.1, 0.15) is 25.7 Å². The van der Waals surface area contributed by atoms with Crippen molar-refractivity contribution in [1.82, 2.24) is 4.98 Å². The van der Waals surface area contributed by atoms with E-state index in [0.29, 0.717) is 6.61 Å². The van der Waals surface area contributed by atoms with E-state index in [9.17, 15) is 5.11 Å². The Morgan fingerprint density at radius 3 is 2.89 bits per heavy atom. The van der Waals surface area contributed by atoms with Gasteiger partial charge in [0.15, 0.2) is 0 Å². The molecule has 1 aromatic carbocycles. The van der Waals surface area contributed by atoms with E-state index in [1.165, 1.54) is 0 Å². The van der Waals surface area contributed by atoms with Gasteiger partial charge in [0.2, 0.25) is 0 Å². The number of rotatable bonds is 3. The van der Waals surface area contributed by atoms with Gasteiger partial charge in [-0.05, 0) is 31.0 Å². The Balaban J connectivity index is 1.74. The lowest BCUT2D eigenvalue weighted by Gasteiger charge is -2.22. The molecular weight excluding hydrogens is 226 g/mol. The molecule has 2 aromatic rings. The van der Waals surface area contributed by atoms with E-state index in [1.807, 2.05) is 30.3 Å². The number of fused-ring (bicyclic) bond motifs is 1. The van der Waals surface area contributed by atoms with Gasteiger partial charge in [-0.2, -0.15) is 0 Å². The zero-order valence-corrected chi connectivity index (χ0v) is 10.3. The van der Waals surface area contributed by atoms with Gasteiger partial charge in [0.25, 0.3) is 0 Å². The number of aliphatic hydroxyl groups is 1. The molecule has 0 atom stereocenters. The molecule has 1 aliphatic carbocycles. The van der Waals surface area contributed by atoms with Crippen LogP contribution in [0.3, 0.4) is 0 Å². The average molecular weight is 243 g/mol. The maximum atomic E-state index is 10.2. The van der Waals surface area contributed by atoms with E-state index >= 15 is 0 Å². The van der Waals surface area contributed by atoms with Gasteiger partial charge in [-0.3, -0.25) is 4.98 Å². The smallest absolute Gasteiger partial charge is 0.121 e. The highest BCUT2D eigenvalue weighted by Crippen LogP contribution is 2.30. The number of pyridine rings is 1. The lowest BCUT2D eigenvalue weighted by Crippen LogP contribution is -2.32. The normalized spacial score (nSPS) is 18.1. The average Bonchev–Trinajstić information content (AvgIpc) is 2.84. The summed E-state index contributed by atoms with van der Waals surface area (Å²) in [6.07, 6.45) is 5.66. The van der Waals surface area contributed by atoms with Crippen LogP contribution < -0.4 is 4.74 Å². The fourth-order valence-electron chi connectivity index (χ4n) is 2.53. The lowest BCUT2D eigenvalue weighted by molar-refractivity contribution is 0.00144. The van der Waals surface area contributed by atoms with Crippen LogP contribution in [0.25, 0.3) is 10.9 Å². The molecule has 1 aliphatic rings. The Bertz CT molecular complexity index is 547. The van der Waals surface area contributed by atoms with Crippen LogP contribution in [0.2, 0.25) is 0 Å². The predicted octanol–water partition coefficient (Wildman–Crippen LogP) is 2.92. The monoisotopic (exact) mass is 243 g/mol. The SMILES string of the molecule is OC1(COc2ccc3cccnc3c2)CCCC1. The predicted molar refractivity (Wildman–Crippen MR) is 70.7 cm³/mol. The quantitative estimate of drug-likeness (QED) is 0.901. The van der Waals surface area contributed by atoms with E-state index in [1.54, 1.807) is 6.20 Å². The molecule has 1 saturated carbocycles. The van der Waals surface area contributed by atoms with Crippen molar-refractivity contribution in [2.45, 2.75) is 31.3 Å². The Morgan fingerprint density at radius 1 is 1.22 bits per heavy atom. The minimum atomic E-state index is -0.626. The van der Waals surface area contributed by atoms with Crippen LogP contribution in [0.5, 0.6) is 5.75 Å². The molecule has 0 amide bonds. The van der Waals surface area contributed by atoms with Gasteiger partial charge in [0.1, 0.15) is 12.4 Å². The number of ether oxygens (including phenoxy) is 1. The minimum absolute atomic E-state index is 0.380. The third-order valence-corrected chi connectivity index (χ3v) is 3.62. The second-order valence-electron chi connectivity index (χ2n) is 5.08. The zero-order valence-electron chi connectivity index (χ0n) is 10.3. The van der Waals surface area contributed by atoms with Crippen LogP contribution in [0.15, 0.2) is 36.5 Å². The van der Waals surface area contributed by atoms with Gasteiger partial charge >= 0.3 is 0 Å². The summed E-state index contributed by atoms with van der Waals surface area (Å²) in [5.74, 6) is 0.779. The standard InChI is InChI=1S/C15H17NO2/c17-15(7-1-2-8-15)11-18-13-6-5-12-4-3-9-16-14(12)10-13/h3-6,9-10,17H,1-2,7-8,11H2. The molecular formula is C15H17NO2. The second kappa shape index (κ2) is 4.58. The summed E-state index contributed by atoms with van der Waals surface area (Å²) in [5.41, 5.74) is 0.299. The number of hydrogen-bond donors (Lipinski definition) is 1. The Morgan fingerprint density at radius 2 is 2.06 bits per heavy atom. The van der Waals surface area contributed by atoms with Crippen molar-refractivity contribution >= 4 is 10.9 Å². The van der Waals surface area contributed by atoms with Crippen LogP contribution >= 0.6 is 0 Å². The molecule has 1 fully saturated rings.